The molecular formula is C14H10N4O3S. The molecule has 0 amide bonds. The first-order valence-corrected chi connectivity index (χ1v) is 7.73. The molecule has 1 aromatic carbocycles. The van der Waals surface area contributed by atoms with E-state index in [2.05, 4.69) is 19.7 Å². The smallest absolute Gasteiger partial charge is 0.274 e. The SMILES string of the molecule is O=C(c1cncc2ccccc12)S(=O)(=O)Nc1ncccn1. The molecule has 0 saturated carbocycles. The summed E-state index contributed by atoms with van der Waals surface area (Å²) in [5.41, 5.74) is 0.00142. The highest BCUT2D eigenvalue weighted by molar-refractivity contribution is 8.07. The lowest BCUT2D eigenvalue weighted by Crippen LogP contribution is -2.24. The van der Waals surface area contributed by atoms with Crippen LogP contribution in [0.4, 0.5) is 5.95 Å². The van der Waals surface area contributed by atoms with Crippen molar-refractivity contribution in [2.24, 2.45) is 0 Å². The van der Waals surface area contributed by atoms with E-state index < -0.39 is 15.1 Å². The van der Waals surface area contributed by atoms with Gasteiger partial charge in [0.15, 0.2) is 0 Å². The fourth-order valence-electron chi connectivity index (χ4n) is 1.94. The Hall–Kier alpha value is -2.87. The Labute approximate surface area is 126 Å². The van der Waals surface area contributed by atoms with Crippen molar-refractivity contribution in [3.8, 4) is 0 Å². The maximum Gasteiger partial charge on any atom is 0.303 e. The van der Waals surface area contributed by atoms with E-state index in [0.29, 0.717) is 10.8 Å². The molecule has 0 spiro atoms. The van der Waals surface area contributed by atoms with Crippen LogP contribution in [-0.2, 0) is 10.0 Å². The Morgan fingerprint density at radius 3 is 2.50 bits per heavy atom. The molecule has 0 radical (unpaired) electrons. The zero-order valence-electron chi connectivity index (χ0n) is 11.2. The first-order valence-electron chi connectivity index (χ1n) is 6.25. The van der Waals surface area contributed by atoms with Gasteiger partial charge in [-0.3, -0.25) is 9.78 Å². The molecule has 0 unspecified atom stereocenters. The Bertz CT molecular complexity index is 937. The Morgan fingerprint density at radius 2 is 1.73 bits per heavy atom. The number of pyridine rings is 1. The lowest BCUT2D eigenvalue weighted by atomic mass is 10.1. The van der Waals surface area contributed by atoms with E-state index in [1.807, 2.05) is 0 Å². The molecule has 0 atom stereocenters. The second kappa shape index (κ2) is 5.49. The van der Waals surface area contributed by atoms with E-state index in [1.165, 1.54) is 24.7 Å². The molecule has 2 heterocycles. The summed E-state index contributed by atoms with van der Waals surface area (Å²) in [4.78, 5) is 23.7. The molecule has 0 aliphatic rings. The summed E-state index contributed by atoms with van der Waals surface area (Å²) in [6.45, 7) is 0. The van der Waals surface area contributed by atoms with Gasteiger partial charge in [-0.05, 0) is 11.5 Å². The van der Waals surface area contributed by atoms with Gasteiger partial charge >= 0.3 is 10.0 Å². The molecule has 0 aliphatic carbocycles. The molecule has 1 N–H and O–H groups in total. The van der Waals surface area contributed by atoms with E-state index >= 15 is 0 Å². The van der Waals surface area contributed by atoms with Gasteiger partial charge in [0, 0.05) is 30.2 Å². The second-order valence-corrected chi connectivity index (χ2v) is 5.96. The summed E-state index contributed by atoms with van der Waals surface area (Å²) in [6, 6.07) is 8.45. The number of nitrogens with one attached hydrogen (secondary N) is 1. The molecule has 8 heteroatoms. The molecule has 110 valence electrons. The van der Waals surface area contributed by atoms with Crippen molar-refractivity contribution in [1.82, 2.24) is 15.0 Å². The van der Waals surface area contributed by atoms with Gasteiger partial charge in [0.05, 0.1) is 5.56 Å². The van der Waals surface area contributed by atoms with Crippen molar-refractivity contribution in [3.63, 3.8) is 0 Å². The van der Waals surface area contributed by atoms with Crippen LogP contribution in [0.3, 0.4) is 0 Å². The zero-order valence-corrected chi connectivity index (χ0v) is 12.0. The third-order valence-electron chi connectivity index (χ3n) is 2.92. The van der Waals surface area contributed by atoms with Crippen molar-refractivity contribution in [1.29, 1.82) is 0 Å². The zero-order chi connectivity index (χ0) is 15.6. The molecule has 7 nitrogen and oxygen atoms in total. The highest BCUT2D eigenvalue weighted by Crippen LogP contribution is 2.19. The summed E-state index contributed by atoms with van der Waals surface area (Å²) in [6.07, 6.45) is 5.53. The summed E-state index contributed by atoms with van der Waals surface area (Å²) in [5, 5.41) is 0.116. The molecule has 3 aromatic rings. The molecule has 22 heavy (non-hydrogen) atoms. The topological polar surface area (TPSA) is 102 Å². The van der Waals surface area contributed by atoms with Crippen molar-refractivity contribution in [2.75, 3.05) is 4.72 Å². The van der Waals surface area contributed by atoms with Crippen LogP contribution in [0.1, 0.15) is 10.4 Å². The maximum absolute atomic E-state index is 12.3. The third kappa shape index (κ3) is 2.63. The number of carbonyl (C=O) groups is 1. The highest BCUT2D eigenvalue weighted by Gasteiger charge is 2.26. The van der Waals surface area contributed by atoms with Crippen LogP contribution >= 0.6 is 0 Å². The Morgan fingerprint density at radius 1 is 1.00 bits per heavy atom. The van der Waals surface area contributed by atoms with Crippen molar-refractivity contribution >= 4 is 31.9 Å². The number of nitrogens with zero attached hydrogens (tertiary/aromatic N) is 3. The fraction of sp³-hybridized carbons (Fsp3) is 0. The van der Waals surface area contributed by atoms with Gasteiger partial charge in [-0.1, -0.05) is 24.3 Å². The fourth-order valence-corrected chi connectivity index (χ4v) is 2.83. The van der Waals surface area contributed by atoms with Crippen LogP contribution in [0.5, 0.6) is 0 Å². The van der Waals surface area contributed by atoms with Crippen LogP contribution in [0.25, 0.3) is 10.8 Å². The highest BCUT2D eigenvalue weighted by atomic mass is 32.2. The Kier molecular flexibility index (Phi) is 3.51. The minimum absolute atomic E-state index is 0.00142. The predicted molar refractivity (Wildman–Crippen MR) is 80.6 cm³/mol. The van der Waals surface area contributed by atoms with E-state index in [0.717, 1.165) is 0 Å². The summed E-state index contributed by atoms with van der Waals surface area (Å²) in [7, 11) is -4.31. The van der Waals surface area contributed by atoms with Crippen LogP contribution in [0, 0.1) is 0 Å². The van der Waals surface area contributed by atoms with E-state index in [4.69, 9.17) is 0 Å². The molecule has 0 saturated heterocycles. The van der Waals surface area contributed by atoms with E-state index in [1.54, 1.807) is 30.5 Å². The quantitative estimate of drug-likeness (QED) is 0.788. The van der Waals surface area contributed by atoms with Crippen LogP contribution < -0.4 is 4.72 Å². The number of sulfonamides is 1. The van der Waals surface area contributed by atoms with Crippen molar-refractivity contribution in [3.05, 3.63) is 60.7 Å². The monoisotopic (exact) mass is 314 g/mol. The van der Waals surface area contributed by atoms with Gasteiger partial charge in [-0.25, -0.2) is 14.7 Å². The van der Waals surface area contributed by atoms with Gasteiger partial charge in [-0.2, -0.15) is 8.42 Å². The lowest BCUT2D eigenvalue weighted by Gasteiger charge is -2.07. The molecule has 0 bridgehead atoms. The third-order valence-corrected chi connectivity index (χ3v) is 4.08. The predicted octanol–water partition coefficient (Wildman–Crippen LogP) is 1.61. The number of carbonyl (C=O) groups excluding carboxylic acids is 1. The van der Waals surface area contributed by atoms with E-state index in [9.17, 15) is 13.2 Å². The molecule has 0 aliphatic heterocycles. The van der Waals surface area contributed by atoms with Crippen molar-refractivity contribution < 1.29 is 13.2 Å². The van der Waals surface area contributed by atoms with Gasteiger partial charge in [0.2, 0.25) is 5.95 Å². The molecule has 3 rings (SSSR count). The number of hydrogen-bond donors (Lipinski definition) is 1. The summed E-state index contributed by atoms with van der Waals surface area (Å²) < 4.78 is 26.4. The number of aromatic nitrogens is 3. The number of hydrogen-bond acceptors (Lipinski definition) is 6. The van der Waals surface area contributed by atoms with Gasteiger partial charge < -0.3 is 0 Å². The number of anilines is 1. The number of benzene rings is 1. The van der Waals surface area contributed by atoms with Crippen LogP contribution in [-0.4, -0.2) is 28.5 Å². The molecule has 2 aromatic heterocycles. The minimum atomic E-state index is -4.31. The molecular weight excluding hydrogens is 304 g/mol. The van der Waals surface area contributed by atoms with Gasteiger partial charge in [-0.15, -0.1) is 0 Å². The average molecular weight is 314 g/mol. The van der Waals surface area contributed by atoms with Crippen LogP contribution in [0.15, 0.2) is 55.1 Å². The molecule has 0 fully saturated rings. The first kappa shape index (κ1) is 14.1. The largest absolute Gasteiger partial charge is 0.303 e. The van der Waals surface area contributed by atoms with Crippen LogP contribution in [0.2, 0.25) is 0 Å². The second-order valence-electron chi connectivity index (χ2n) is 4.37. The van der Waals surface area contributed by atoms with Crippen molar-refractivity contribution in [2.45, 2.75) is 0 Å². The first-order chi connectivity index (χ1) is 10.6. The average Bonchev–Trinajstić information content (AvgIpc) is 2.54. The minimum Gasteiger partial charge on any atom is -0.274 e. The number of fused-ring (bicyclic) bond motifs is 1. The Balaban J connectivity index is 2.02. The van der Waals surface area contributed by atoms with Gasteiger partial charge in [0.25, 0.3) is 5.12 Å². The standard InChI is InChI=1S/C14H10N4O3S/c19-13(22(20,21)18-14-16-6-3-7-17-14)12-9-15-8-10-4-1-2-5-11(10)12/h1-9H,(H,16,17,18). The summed E-state index contributed by atoms with van der Waals surface area (Å²) in [5.74, 6) is -0.163. The van der Waals surface area contributed by atoms with E-state index in [-0.39, 0.29) is 11.5 Å². The maximum atomic E-state index is 12.3. The number of rotatable bonds is 3. The lowest BCUT2D eigenvalue weighted by molar-refractivity contribution is 0.107. The summed E-state index contributed by atoms with van der Waals surface area (Å²) >= 11 is 0. The normalized spacial score (nSPS) is 11.3. The van der Waals surface area contributed by atoms with Gasteiger partial charge in [0.1, 0.15) is 0 Å².